The minimum Gasteiger partial charge on any atom is -0.475 e. The molecule has 4 nitrogen and oxygen atoms in total. The van der Waals surface area contributed by atoms with Crippen LogP contribution in [-0.2, 0) is 4.79 Å². The molecule has 0 bridgehead atoms. The number of carboxylic acids is 1. The van der Waals surface area contributed by atoms with E-state index in [9.17, 15) is 14.0 Å². The largest absolute Gasteiger partial charge is 0.475 e. The molecule has 1 N–H and O–H groups in total. The highest BCUT2D eigenvalue weighted by molar-refractivity contribution is 6.45. The van der Waals surface area contributed by atoms with Crippen LogP contribution >= 0.6 is 11.6 Å². The van der Waals surface area contributed by atoms with E-state index < -0.39 is 17.6 Å². The van der Waals surface area contributed by atoms with Gasteiger partial charge in [-0.3, -0.25) is 4.79 Å². The third-order valence-corrected chi connectivity index (χ3v) is 2.74. The number of carbonyl (C=O) groups is 2. The Morgan fingerprint density at radius 3 is 2.20 bits per heavy atom. The lowest BCUT2D eigenvalue weighted by Crippen LogP contribution is -2.13. The van der Waals surface area contributed by atoms with Crippen molar-refractivity contribution in [2.75, 3.05) is 0 Å². The summed E-state index contributed by atoms with van der Waals surface area (Å²) in [6.07, 6.45) is 0. The number of hydrogen-bond acceptors (Lipinski definition) is 3. The Morgan fingerprint density at radius 1 is 1.05 bits per heavy atom. The van der Waals surface area contributed by atoms with E-state index in [2.05, 4.69) is 0 Å². The summed E-state index contributed by atoms with van der Waals surface area (Å²) in [5.74, 6) is -2.37. The molecule has 0 aliphatic rings. The van der Waals surface area contributed by atoms with Crippen molar-refractivity contribution in [2.45, 2.75) is 0 Å². The van der Waals surface area contributed by atoms with Crippen LogP contribution in [0.2, 0.25) is 5.02 Å². The molecule has 2 aromatic rings. The third-order valence-electron chi connectivity index (χ3n) is 2.43. The fraction of sp³-hybridized carbons (Fsp3) is 0. The highest BCUT2D eigenvalue weighted by atomic mass is 35.5. The quantitative estimate of drug-likeness (QED) is 0.692. The normalized spacial score (nSPS) is 10.1. The number of benzene rings is 2. The second-order valence-corrected chi connectivity index (χ2v) is 4.24. The van der Waals surface area contributed by atoms with Gasteiger partial charge in [-0.15, -0.1) is 0 Å². The molecule has 2 rings (SSSR count). The average Bonchev–Trinajstić information content (AvgIpc) is 2.41. The van der Waals surface area contributed by atoms with Gasteiger partial charge in [0.25, 0.3) is 5.78 Å². The van der Waals surface area contributed by atoms with Crippen molar-refractivity contribution in [1.29, 1.82) is 0 Å². The van der Waals surface area contributed by atoms with Crippen LogP contribution in [-0.4, -0.2) is 16.9 Å². The summed E-state index contributed by atoms with van der Waals surface area (Å²) in [7, 11) is 0. The second-order valence-electron chi connectivity index (χ2n) is 3.83. The van der Waals surface area contributed by atoms with Gasteiger partial charge in [0.15, 0.2) is 0 Å². The standard InChI is InChI=1S/C14H8ClFO4/c15-12-7-10(5-6-11(12)13(17)14(18)19)20-9-3-1-8(16)2-4-9/h1-7H,(H,18,19). The fourth-order valence-electron chi connectivity index (χ4n) is 1.50. The van der Waals surface area contributed by atoms with Gasteiger partial charge in [0.05, 0.1) is 5.02 Å². The lowest BCUT2D eigenvalue weighted by molar-refractivity contribution is -0.131. The Hall–Kier alpha value is -2.40. The molecule has 6 heteroatoms. The Bertz CT molecular complexity index is 667. The van der Waals surface area contributed by atoms with Crippen molar-refractivity contribution in [3.63, 3.8) is 0 Å². The molecule has 0 aliphatic carbocycles. The van der Waals surface area contributed by atoms with E-state index in [-0.39, 0.29) is 10.6 Å². The van der Waals surface area contributed by atoms with Crippen LogP contribution in [0.3, 0.4) is 0 Å². The van der Waals surface area contributed by atoms with E-state index in [1.165, 1.54) is 42.5 Å². The highest BCUT2D eigenvalue weighted by Gasteiger charge is 2.18. The minimum atomic E-state index is -1.58. The lowest BCUT2D eigenvalue weighted by Gasteiger charge is -2.07. The zero-order valence-electron chi connectivity index (χ0n) is 9.97. The van der Waals surface area contributed by atoms with Crippen LogP contribution in [0.15, 0.2) is 42.5 Å². The van der Waals surface area contributed by atoms with Gasteiger partial charge in [-0.2, -0.15) is 0 Å². The van der Waals surface area contributed by atoms with E-state index in [0.29, 0.717) is 11.5 Å². The number of halogens is 2. The Labute approximate surface area is 118 Å². The monoisotopic (exact) mass is 294 g/mol. The number of Topliss-reactive ketones (excluding diaryl/α,β-unsaturated/α-hetero) is 1. The van der Waals surface area contributed by atoms with Crippen molar-refractivity contribution in [1.82, 2.24) is 0 Å². The van der Waals surface area contributed by atoms with Crippen LogP contribution in [0.5, 0.6) is 11.5 Å². The molecule has 0 saturated heterocycles. The van der Waals surface area contributed by atoms with Gasteiger partial charge < -0.3 is 9.84 Å². The molecule has 0 amide bonds. The maximum absolute atomic E-state index is 12.7. The SMILES string of the molecule is O=C(O)C(=O)c1ccc(Oc2ccc(F)cc2)cc1Cl. The molecular formula is C14H8ClFO4. The maximum atomic E-state index is 12.7. The molecule has 20 heavy (non-hydrogen) atoms. The molecule has 0 saturated carbocycles. The summed E-state index contributed by atoms with van der Waals surface area (Å²) < 4.78 is 18.1. The predicted molar refractivity (Wildman–Crippen MR) is 69.9 cm³/mol. The summed E-state index contributed by atoms with van der Waals surface area (Å²) in [6.45, 7) is 0. The predicted octanol–water partition coefficient (Wildman–Crippen LogP) is 3.54. The fourth-order valence-corrected chi connectivity index (χ4v) is 1.75. The van der Waals surface area contributed by atoms with E-state index in [4.69, 9.17) is 21.4 Å². The molecule has 0 aromatic heterocycles. The van der Waals surface area contributed by atoms with Gasteiger partial charge in [-0.1, -0.05) is 11.6 Å². The summed E-state index contributed by atoms with van der Waals surface area (Å²) in [5.41, 5.74) is -0.120. The van der Waals surface area contributed by atoms with Gasteiger partial charge in [-0.25, -0.2) is 9.18 Å². The van der Waals surface area contributed by atoms with Gasteiger partial charge in [0.1, 0.15) is 17.3 Å². The molecule has 2 aromatic carbocycles. The van der Waals surface area contributed by atoms with Crippen LogP contribution < -0.4 is 4.74 Å². The van der Waals surface area contributed by atoms with Crippen molar-refractivity contribution in [3.8, 4) is 11.5 Å². The van der Waals surface area contributed by atoms with Gasteiger partial charge in [0, 0.05) is 11.6 Å². The first-order valence-corrected chi connectivity index (χ1v) is 5.86. The number of rotatable bonds is 4. The van der Waals surface area contributed by atoms with Crippen LogP contribution in [0.25, 0.3) is 0 Å². The van der Waals surface area contributed by atoms with E-state index >= 15 is 0 Å². The zero-order valence-corrected chi connectivity index (χ0v) is 10.7. The first-order chi connectivity index (χ1) is 9.47. The minimum absolute atomic E-state index is 0.0305. The lowest BCUT2D eigenvalue weighted by atomic mass is 10.1. The van der Waals surface area contributed by atoms with Crippen molar-refractivity contribution < 1.29 is 23.8 Å². The maximum Gasteiger partial charge on any atom is 0.377 e. The van der Waals surface area contributed by atoms with E-state index in [0.717, 1.165) is 0 Å². The van der Waals surface area contributed by atoms with Gasteiger partial charge in [0.2, 0.25) is 0 Å². The molecule has 0 unspecified atom stereocenters. The topological polar surface area (TPSA) is 63.6 Å². The summed E-state index contributed by atoms with van der Waals surface area (Å²) in [5, 5.41) is 8.58. The number of carbonyl (C=O) groups excluding carboxylic acids is 1. The summed E-state index contributed by atoms with van der Waals surface area (Å²) >= 11 is 5.84. The molecule has 0 aliphatic heterocycles. The highest BCUT2D eigenvalue weighted by Crippen LogP contribution is 2.27. The zero-order chi connectivity index (χ0) is 14.7. The number of carboxylic acid groups (broad SMARTS) is 1. The van der Waals surface area contributed by atoms with Crippen molar-refractivity contribution in [3.05, 3.63) is 58.9 Å². The van der Waals surface area contributed by atoms with Crippen LogP contribution in [0.4, 0.5) is 4.39 Å². The first-order valence-electron chi connectivity index (χ1n) is 5.48. The Morgan fingerprint density at radius 2 is 1.65 bits per heavy atom. The van der Waals surface area contributed by atoms with Crippen molar-refractivity contribution >= 4 is 23.4 Å². The Kier molecular flexibility index (Phi) is 4.00. The van der Waals surface area contributed by atoms with Crippen LogP contribution in [0, 0.1) is 5.82 Å². The summed E-state index contributed by atoms with van der Waals surface area (Å²) in [4.78, 5) is 21.9. The molecule has 0 atom stereocenters. The van der Waals surface area contributed by atoms with E-state index in [1.807, 2.05) is 0 Å². The molecule has 0 fully saturated rings. The molecule has 0 heterocycles. The molecular weight excluding hydrogens is 287 g/mol. The number of ether oxygens (including phenoxy) is 1. The first kappa shape index (κ1) is 14.0. The van der Waals surface area contributed by atoms with Crippen LogP contribution in [0.1, 0.15) is 10.4 Å². The average molecular weight is 295 g/mol. The number of hydrogen-bond donors (Lipinski definition) is 1. The van der Waals surface area contributed by atoms with Gasteiger partial charge in [-0.05, 0) is 36.4 Å². The number of ketones is 1. The van der Waals surface area contributed by atoms with Gasteiger partial charge >= 0.3 is 5.97 Å². The third kappa shape index (κ3) is 3.13. The van der Waals surface area contributed by atoms with E-state index in [1.54, 1.807) is 0 Å². The summed E-state index contributed by atoms with van der Waals surface area (Å²) in [6, 6.07) is 9.32. The molecule has 0 spiro atoms. The number of aliphatic carboxylic acids is 1. The molecule has 0 radical (unpaired) electrons. The Balaban J connectivity index is 2.23. The second kappa shape index (κ2) is 5.71. The molecule has 102 valence electrons. The van der Waals surface area contributed by atoms with Crippen molar-refractivity contribution in [2.24, 2.45) is 0 Å². The smallest absolute Gasteiger partial charge is 0.377 e.